The Bertz CT molecular complexity index is 602. The molecule has 1 aromatic carbocycles. The molecule has 1 fully saturated rings. The van der Waals surface area contributed by atoms with E-state index >= 15 is 0 Å². The number of hydrogen-bond acceptors (Lipinski definition) is 3. The second kappa shape index (κ2) is 6.74. The molecule has 1 amide bonds. The first-order chi connectivity index (χ1) is 10.3. The van der Waals surface area contributed by atoms with E-state index in [-0.39, 0.29) is 5.91 Å². The molecule has 0 atom stereocenters. The van der Waals surface area contributed by atoms with Crippen molar-refractivity contribution in [3.63, 3.8) is 0 Å². The van der Waals surface area contributed by atoms with Gasteiger partial charge in [-0.05, 0) is 29.1 Å². The standard InChI is InChI=1S/C16H21N3O2/c20-16(19-7-9-21-10-8-19)4-5-17-12-13-1-2-15-14(11-13)3-6-18-15/h1-3,6,11,17-18H,4-5,7-10,12H2. The molecule has 1 saturated heterocycles. The van der Waals surface area contributed by atoms with Crippen LogP contribution in [0.2, 0.25) is 0 Å². The van der Waals surface area contributed by atoms with E-state index in [1.165, 1.54) is 10.9 Å². The van der Waals surface area contributed by atoms with Crippen LogP contribution in [0.1, 0.15) is 12.0 Å². The molecule has 0 aliphatic carbocycles. The van der Waals surface area contributed by atoms with Crippen molar-refractivity contribution in [2.45, 2.75) is 13.0 Å². The van der Waals surface area contributed by atoms with Crippen molar-refractivity contribution < 1.29 is 9.53 Å². The van der Waals surface area contributed by atoms with Gasteiger partial charge in [-0.25, -0.2) is 0 Å². The van der Waals surface area contributed by atoms with Gasteiger partial charge in [0.2, 0.25) is 5.91 Å². The van der Waals surface area contributed by atoms with E-state index in [9.17, 15) is 4.79 Å². The van der Waals surface area contributed by atoms with E-state index in [2.05, 4.69) is 34.6 Å². The average Bonchev–Trinajstić information content (AvgIpc) is 3.00. The summed E-state index contributed by atoms with van der Waals surface area (Å²) in [7, 11) is 0. The number of carbonyl (C=O) groups excluding carboxylic acids is 1. The minimum atomic E-state index is 0.215. The minimum Gasteiger partial charge on any atom is -0.378 e. The topological polar surface area (TPSA) is 57.4 Å². The number of morpholine rings is 1. The molecule has 21 heavy (non-hydrogen) atoms. The summed E-state index contributed by atoms with van der Waals surface area (Å²) in [5.74, 6) is 0.215. The molecule has 2 N–H and O–H groups in total. The van der Waals surface area contributed by atoms with Crippen LogP contribution in [0, 0.1) is 0 Å². The number of fused-ring (bicyclic) bond motifs is 1. The second-order valence-corrected chi connectivity index (χ2v) is 5.32. The van der Waals surface area contributed by atoms with Gasteiger partial charge in [0.1, 0.15) is 0 Å². The third-order valence-corrected chi connectivity index (χ3v) is 3.83. The van der Waals surface area contributed by atoms with Gasteiger partial charge in [-0.1, -0.05) is 6.07 Å². The van der Waals surface area contributed by atoms with Crippen LogP contribution >= 0.6 is 0 Å². The summed E-state index contributed by atoms with van der Waals surface area (Å²) in [5, 5.41) is 4.56. The number of ether oxygens (including phenoxy) is 1. The zero-order valence-corrected chi connectivity index (χ0v) is 12.1. The van der Waals surface area contributed by atoms with Crippen LogP contribution in [0.5, 0.6) is 0 Å². The fourth-order valence-electron chi connectivity index (χ4n) is 2.61. The zero-order valence-electron chi connectivity index (χ0n) is 12.1. The van der Waals surface area contributed by atoms with E-state index in [4.69, 9.17) is 4.74 Å². The first-order valence-corrected chi connectivity index (χ1v) is 7.45. The van der Waals surface area contributed by atoms with Gasteiger partial charge in [-0.15, -0.1) is 0 Å². The largest absolute Gasteiger partial charge is 0.378 e. The summed E-state index contributed by atoms with van der Waals surface area (Å²) < 4.78 is 5.25. The molecule has 5 heteroatoms. The van der Waals surface area contributed by atoms with E-state index < -0.39 is 0 Å². The van der Waals surface area contributed by atoms with Crippen molar-refractivity contribution in [1.29, 1.82) is 0 Å². The lowest BCUT2D eigenvalue weighted by atomic mass is 10.1. The third kappa shape index (κ3) is 3.62. The zero-order chi connectivity index (χ0) is 14.5. The van der Waals surface area contributed by atoms with Gasteiger partial charge in [-0.2, -0.15) is 0 Å². The third-order valence-electron chi connectivity index (χ3n) is 3.83. The summed E-state index contributed by atoms with van der Waals surface area (Å²) in [4.78, 5) is 17.0. The minimum absolute atomic E-state index is 0.215. The van der Waals surface area contributed by atoms with Crippen molar-refractivity contribution in [3.8, 4) is 0 Å². The molecule has 0 unspecified atom stereocenters. The van der Waals surface area contributed by atoms with Gasteiger partial charge in [0, 0.05) is 44.3 Å². The SMILES string of the molecule is O=C(CCNCc1ccc2[nH]ccc2c1)N1CCOCC1. The Kier molecular flexibility index (Phi) is 4.52. The lowest BCUT2D eigenvalue weighted by molar-refractivity contribution is -0.135. The number of hydrogen-bond donors (Lipinski definition) is 2. The molecule has 1 aliphatic rings. The number of aromatic amines is 1. The molecule has 3 rings (SSSR count). The van der Waals surface area contributed by atoms with Crippen LogP contribution in [0.25, 0.3) is 10.9 Å². The maximum Gasteiger partial charge on any atom is 0.224 e. The van der Waals surface area contributed by atoms with E-state index in [0.29, 0.717) is 26.2 Å². The molecular formula is C16H21N3O2. The predicted octanol–water partition coefficient (Wildman–Crippen LogP) is 1.51. The van der Waals surface area contributed by atoms with Crippen LogP contribution in [0.4, 0.5) is 0 Å². The van der Waals surface area contributed by atoms with Gasteiger partial charge >= 0.3 is 0 Å². The van der Waals surface area contributed by atoms with Crippen LogP contribution in [0.15, 0.2) is 30.5 Å². The average molecular weight is 287 g/mol. The highest BCUT2D eigenvalue weighted by Gasteiger charge is 2.15. The lowest BCUT2D eigenvalue weighted by Gasteiger charge is -2.26. The monoisotopic (exact) mass is 287 g/mol. The van der Waals surface area contributed by atoms with Crippen LogP contribution in [-0.2, 0) is 16.1 Å². The number of nitrogens with zero attached hydrogens (tertiary/aromatic N) is 1. The Morgan fingerprint density at radius 3 is 3.00 bits per heavy atom. The maximum absolute atomic E-state index is 12.0. The number of aromatic nitrogens is 1. The highest BCUT2D eigenvalue weighted by molar-refractivity contribution is 5.79. The maximum atomic E-state index is 12.0. The number of benzene rings is 1. The summed E-state index contributed by atoms with van der Waals surface area (Å²) in [6.07, 6.45) is 2.50. The van der Waals surface area contributed by atoms with Gasteiger partial charge < -0.3 is 19.9 Å². The number of rotatable bonds is 5. The number of H-pyrrole nitrogens is 1. The summed E-state index contributed by atoms with van der Waals surface area (Å²) in [5.41, 5.74) is 2.39. The normalized spacial score (nSPS) is 15.5. The molecule has 1 aromatic heterocycles. The fourth-order valence-corrected chi connectivity index (χ4v) is 2.61. The molecular weight excluding hydrogens is 266 g/mol. The first kappa shape index (κ1) is 14.1. The van der Waals surface area contributed by atoms with Crippen molar-refractivity contribution >= 4 is 16.8 Å². The second-order valence-electron chi connectivity index (χ2n) is 5.32. The predicted molar refractivity (Wildman–Crippen MR) is 82.0 cm³/mol. The first-order valence-electron chi connectivity index (χ1n) is 7.45. The molecule has 112 valence electrons. The highest BCUT2D eigenvalue weighted by atomic mass is 16.5. The lowest BCUT2D eigenvalue weighted by Crippen LogP contribution is -2.41. The molecule has 0 spiro atoms. The molecule has 2 heterocycles. The molecule has 5 nitrogen and oxygen atoms in total. The van der Waals surface area contributed by atoms with Gasteiger partial charge in [0.25, 0.3) is 0 Å². The smallest absolute Gasteiger partial charge is 0.224 e. The highest BCUT2D eigenvalue weighted by Crippen LogP contribution is 2.14. The number of carbonyl (C=O) groups is 1. The van der Waals surface area contributed by atoms with Crippen molar-refractivity contribution in [1.82, 2.24) is 15.2 Å². The quantitative estimate of drug-likeness (QED) is 0.820. The van der Waals surface area contributed by atoms with E-state index in [1.54, 1.807) is 0 Å². The summed E-state index contributed by atoms with van der Waals surface area (Å²) in [6, 6.07) is 8.43. The fraction of sp³-hybridized carbons (Fsp3) is 0.438. The Labute approximate surface area is 124 Å². The Hall–Kier alpha value is -1.85. The van der Waals surface area contributed by atoms with Gasteiger partial charge in [0.05, 0.1) is 13.2 Å². The van der Waals surface area contributed by atoms with Crippen molar-refractivity contribution in [3.05, 3.63) is 36.0 Å². The van der Waals surface area contributed by atoms with Crippen molar-refractivity contribution in [2.24, 2.45) is 0 Å². The van der Waals surface area contributed by atoms with Crippen molar-refractivity contribution in [2.75, 3.05) is 32.8 Å². The molecule has 1 aliphatic heterocycles. The molecule has 0 saturated carbocycles. The van der Waals surface area contributed by atoms with Crippen LogP contribution in [-0.4, -0.2) is 48.6 Å². The Morgan fingerprint density at radius 2 is 2.14 bits per heavy atom. The Morgan fingerprint density at radius 1 is 1.29 bits per heavy atom. The molecule has 0 radical (unpaired) electrons. The molecule has 2 aromatic rings. The van der Waals surface area contributed by atoms with Gasteiger partial charge in [-0.3, -0.25) is 4.79 Å². The summed E-state index contributed by atoms with van der Waals surface area (Å²) >= 11 is 0. The van der Waals surface area contributed by atoms with E-state index in [0.717, 1.165) is 25.2 Å². The number of amides is 1. The van der Waals surface area contributed by atoms with E-state index in [1.807, 2.05) is 11.1 Å². The number of nitrogens with one attached hydrogen (secondary N) is 2. The molecule has 0 bridgehead atoms. The summed E-state index contributed by atoms with van der Waals surface area (Å²) in [6.45, 7) is 4.27. The van der Waals surface area contributed by atoms with Crippen LogP contribution < -0.4 is 5.32 Å². The van der Waals surface area contributed by atoms with Gasteiger partial charge in [0.15, 0.2) is 0 Å². The Balaban J connectivity index is 1.42. The van der Waals surface area contributed by atoms with Crippen LogP contribution in [0.3, 0.4) is 0 Å².